The molecule has 0 spiro atoms. The van der Waals surface area contributed by atoms with E-state index in [1.165, 1.54) is 0 Å². The van der Waals surface area contributed by atoms with Gasteiger partial charge in [-0.3, -0.25) is 25.2 Å². The molecule has 1 unspecified atom stereocenters. The smallest absolute Gasteiger partial charge is 0.269 e. The molecule has 3 N–H and O–H groups in total. The number of amides is 3. The van der Waals surface area contributed by atoms with E-state index in [-0.39, 0.29) is 24.2 Å². The molecule has 1 aliphatic rings. The Hall–Kier alpha value is -2.67. The van der Waals surface area contributed by atoms with Gasteiger partial charge in [0.1, 0.15) is 0 Å². The Kier molecular flexibility index (Phi) is 5.68. The maximum absolute atomic E-state index is 12.1. The highest BCUT2D eigenvalue weighted by Crippen LogP contribution is 2.27. The van der Waals surface area contributed by atoms with Gasteiger partial charge in [-0.1, -0.05) is 34.1 Å². The van der Waals surface area contributed by atoms with Crippen molar-refractivity contribution < 1.29 is 14.4 Å². The van der Waals surface area contributed by atoms with Crippen molar-refractivity contribution in [2.24, 2.45) is 5.92 Å². The molecule has 0 aliphatic carbocycles. The monoisotopic (exact) mass is 415 g/mol. The molecular weight excluding hydrogens is 398 g/mol. The van der Waals surface area contributed by atoms with E-state index in [1.54, 1.807) is 24.3 Å². The summed E-state index contributed by atoms with van der Waals surface area (Å²) in [4.78, 5) is 36.0. The van der Waals surface area contributed by atoms with Crippen LogP contribution in [0.5, 0.6) is 0 Å². The predicted octanol–water partition coefficient (Wildman–Crippen LogP) is 2.80. The Morgan fingerprint density at radius 1 is 1.08 bits per heavy atom. The number of hydrazine groups is 1. The Morgan fingerprint density at radius 2 is 1.81 bits per heavy atom. The van der Waals surface area contributed by atoms with Crippen molar-refractivity contribution in [3.05, 3.63) is 64.1 Å². The van der Waals surface area contributed by atoms with Crippen LogP contribution in [0.3, 0.4) is 0 Å². The lowest BCUT2D eigenvalue weighted by Gasteiger charge is -2.24. The summed E-state index contributed by atoms with van der Waals surface area (Å²) in [6.07, 6.45) is 1.18. The Balaban J connectivity index is 1.46. The zero-order valence-electron chi connectivity index (χ0n) is 13.9. The standard InChI is InChI=1S/C19H18BrN3O3/c20-15-8-5-12(6-9-15)19(26)23-22-17(24)10-7-14-11-13-3-1-2-4-16(13)21-18(14)25/h1-6,8-9,14H,7,10-11H2,(H,21,25)(H,22,24)(H,23,26). The van der Waals surface area contributed by atoms with E-state index in [0.717, 1.165) is 15.7 Å². The maximum atomic E-state index is 12.1. The molecule has 0 aromatic heterocycles. The number of carbonyl (C=O) groups excluding carboxylic acids is 3. The van der Waals surface area contributed by atoms with Gasteiger partial charge in [0.15, 0.2) is 0 Å². The summed E-state index contributed by atoms with van der Waals surface area (Å²) >= 11 is 3.30. The molecule has 26 heavy (non-hydrogen) atoms. The minimum atomic E-state index is -0.393. The van der Waals surface area contributed by atoms with Gasteiger partial charge in [0.25, 0.3) is 5.91 Å². The summed E-state index contributed by atoms with van der Waals surface area (Å²) < 4.78 is 0.866. The largest absolute Gasteiger partial charge is 0.326 e. The molecule has 134 valence electrons. The second kappa shape index (κ2) is 8.14. The third kappa shape index (κ3) is 4.49. The summed E-state index contributed by atoms with van der Waals surface area (Å²) in [5.74, 6) is -1.05. The van der Waals surface area contributed by atoms with Crippen LogP contribution in [-0.4, -0.2) is 17.7 Å². The second-order valence-corrected chi connectivity index (χ2v) is 7.01. The van der Waals surface area contributed by atoms with Crippen LogP contribution >= 0.6 is 15.9 Å². The van der Waals surface area contributed by atoms with Gasteiger partial charge in [-0.2, -0.15) is 0 Å². The van der Waals surface area contributed by atoms with Crippen LogP contribution in [0.4, 0.5) is 5.69 Å². The van der Waals surface area contributed by atoms with Crippen LogP contribution in [-0.2, 0) is 16.0 Å². The van der Waals surface area contributed by atoms with Crippen LogP contribution in [0.15, 0.2) is 53.0 Å². The third-order valence-electron chi connectivity index (χ3n) is 4.25. The van der Waals surface area contributed by atoms with Crippen molar-refractivity contribution in [1.82, 2.24) is 10.9 Å². The maximum Gasteiger partial charge on any atom is 0.269 e. The van der Waals surface area contributed by atoms with Gasteiger partial charge in [0, 0.05) is 28.1 Å². The minimum Gasteiger partial charge on any atom is -0.326 e. The van der Waals surface area contributed by atoms with Crippen molar-refractivity contribution in [3.8, 4) is 0 Å². The first-order chi connectivity index (χ1) is 12.5. The van der Waals surface area contributed by atoms with E-state index in [4.69, 9.17) is 0 Å². The molecule has 7 heteroatoms. The highest BCUT2D eigenvalue weighted by molar-refractivity contribution is 9.10. The first-order valence-corrected chi connectivity index (χ1v) is 9.06. The van der Waals surface area contributed by atoms with Gasteiger partial charge in [0.2, 0.25) is 11.8 Å². The van der Waals surface area contributed by atoms with Gasteiger partial charge in [-0.25, -0.2) is 0 Å². The third-order valence-corrected chi connectivity index (χ3v) is 4.78. The van der Waals surface area contributed by atoms with Gasteiger partial charge in [-0.15, -0.1) is 0 Å². The molecular formula is C19H18BrN3O3. The average molecular weight is 416 g/mol. The highest BCUT2D eigenvalue weighted by atomic mass is 79.9. The first kappa shape index (κ1) is 18.1. The molecule has 0 saturated heterocycles. The predicted molar refractivity (Wildman–Crippen MR) is 101 cm³/mol. The van der Waals surface area contributed by atoms with Crippen molar-refractivity contribution in [1.29, 1.82) is 0 Å². The molecule has 3 amide bonds. The van der Waals surface area contributed by atoms with Crippen molar-refractivity contribution in [3.63, 3.8) is 0 Å². The quantitative estimate of drug-likeness (QED) is 0.670. The van der Waals surface area contributed by atoms with E-state index in [2.05, 4.69) is 32.1 Å². The SMILES string of the molecule is O=C(CCC1Cc2ccccc2NC1=O)NNC(=O)c1ccc(Br)cc1. The highest BCUT2D eigenvalue weighted by Gasteiger charge is 2.26. The second-order valence-electron chi connectivity index (χ2n) is 6.10. The molecule has 1 aliphatic heterocycles. The van der Waals surface area contributed by atoms with Gasteiger partial charge in [-0.05, 0) is 48.7 Å². The Labute approximate surface area is 159 Å². The molecule has 6 nitrogen and oxygen atoms in total. The summed E-state index contributed by atoms with van der Waals surface area (Å²) in [6, 6.07) is 14.4. The molecule has 0 saturated carbocycles. The molecule has 0 bridgehead atoms. The van der Waals surface area contributed by atoms with E-state index in [1.807, 2.05) is 24.3 Å². The number of para-hydroxylation sites is 1. The van der Waals surface area contributed by atoms with Crippen LogP contribution in [0.25, 0.3) is 0 Å². The molecule has 2 aromatic carbocycles. The molecule has 0 fully saturated rings. The molecule has 1 heterocycles. The lowest BCUT2D eigenvalue weighted by molar-refractivity contribution is -0.123. The zero-order valence-corrected chi connectivity index (χ0v) is 15.5. The molecule has 2 aromatic rings. The number of fused-ring (bicyclic) bond motifs is 1. The zero-order chi connectivity index (χ0) is 18.5. The van der Waals surface area contributed by atoms with E-state index in [0.29, 0.717) is 18.4 Å². The fraction of sp³-hybridized carbons (Fsp3) is 0.211. The summed E-state index contributed by atoms with van der Waals surface area (Å²) in [5.41, 5.74) is 7.11. The Bertz CT molecular complexity index is 836. The van der Waals surface area contributed by atoms with Crippen molar-refractivity contribution in [2.75, 3.05) is 5.32 Å². The minimum absolute atomic E-state index is 0.0737. The van der Waals surface area contributed by atoms with Crippen molar-refractivity contribution >= 4 is 39.3 Å². The van der Waals surface area contributed by atoms with E-state index in [9.17, 15) is 14.4 Å². The molecule has 3 rings (SSSR count). The number of rotatable bonds is 4. The van der Waals surface area contributed by atoms with Crippen molar-refractivity contribution in [2.45, 2.75) is 19.3 Å². The van der Waals surface area contributed by atoms with Crippen LogP contribution < -0.4 is 16.2 Å². The number of nitrogens with one attached hydrogen (secondary N) is 3. The fourth-order valence-corrected chi connectivity index (χ4v) is 3.08. The first-order valence-electron chi connectivity index (χ1n) is 8.26. The number of halogens is 1. The van der Waals surface area contributed by atoms with E-state index >= 15 is 0 Å². The van der Waals surface area contributed by atoms with Crippen LogP contribution in [0.2, 0.25) is 0 Å². The number of anilines is 1. The lowest BCUT2D eigenvalue weighted by atomic mass is 9.89. The summed E-state index contributed by atoms with van der Waals surface area (Å²) in [7, 11) is 0. The lowest BCUT2D eigenvalue weighted by Crippen LogP contribution is -2.42. The number of benzene rings is 2. The number of hydrogen-bond acceptors (Lipinski definition) is 3. The summed E-state index contributed by atoms with van der Waals surface area (Å²) in [6.45, 7) is 0. The normalized spacial score (nSPS) is 15.6. The van der Waals surface area contributed by atoms with Gasteiger partial charge < -0.3 is 5.32 Å². The number of hydrogen-bond donors (Lipinski definition) is 3. The summed E-state index contributed by atoms with van der Waals surface area (Å²) in [5, 5.41) is 2.87. The fourth-order valence-electron chi connectivity index (χ4n) is 2.81. The molecule has 0 radical (unpaired) electrons. The Morgan fingerprint density at radius 3 is 2.58 bits per heavy atom. The molecule has 1 atom stereocenters. The van der Waals surface area contributed by atoms with Gasteiger partial charge in [0.05, 0.1) is 0 Å². The average Bonchev–Trinajstić information content (AvgIpc) is 2.65. The topological polar surface area (TPSA) is 87.3 Å². The van der Waals surface area contributed by atoms with Gasteiger partial charge >= 0.3 is 0 Å². The number of carbonyl (C=O) groups is 3. The van der Waals surface area contributed by atoms with Crippen LogP contribution in [0, 0.1) is 5.92 Å². The van der Waals surface area contributed by atoms with E-state index < -0.39 is 5.91 Å². The van der Waals surface area contributed by atoms with Crippen LogP contribution in [0.1, 0.15) is 28.8 Å².